The first-order chi connectivity index (χ1) is 10.3. The van der Waals surface area contributed by atoms with Gasteiger partial charge in [0.25, 0.3) is 0 Å². The Bertz CT molecular complexity index is 604. The molecular weight excluding hydrogens is 284 g/mol. The van der Waals surface area contributed by atoms with Gasteiger partial charge in [0.05, 0.1) is 30.0 Å². The number of aryl methyl sites for hydroxylation is 1. The van der Waals surface area contributed by atoms with Crippen LogP contribution in [0.3, 0.4) is 0 Å². The zero-order chi connectivity index (χ0) is 14.9. The average Bonchev–Trinajstić information content (AvgIpc) is 2.92. The van der Waals surface area contributed by atoms with Crippen molar-refractivity contribution in [3.63, 3.8) is 0 Å². The third-order valence-corrected chi connectivity index (χ3v) is 4.01. The van der Waals surface area contributed by atoms with E-state index in [9.17, 15) is 0 Å². The Hall–Kier alpha value is -1.90. The number of thiazole rings is 1. The van der Waals surface area contributed by atoms with Crippen LogP contribution in [0.25, 0.3) is 0 Å². The third kappa shape index (κ3) is 4.85. The lowest BCUT2D eigenvalue weighted by molar-refractivity contribution is 0.122. The number of hydrogen-bond acceptors (Lipinski definition) is 5. The van der Waals surface area contributed by atoms with Gasteiger partial charge < -0.3 is 9.47 Å². The van der Waals surface area contributed by atoms with Crippen molar-refractivity contribution in [3.8, 4) is 11.8 Å². The molecule has 0 saturated heterocycles. The van der Waals surface area contributed by atoms with E-state index in [1.165, 1.54) is 4.88 Å². The fraction of sp³-hybridized carbons (Fsp3) is 0.375. The molecule has 0 aliphatic heterocycles. The summed E-state index contributed by atoms with van der Waals surface area (Å²) >= 11 is 1.67. The van der Waals surface area contributed by atoms with Crippen LogP contribution >= 0.6 is 11.3 Å². The fourth-order valence-electron chi connectivity index (χ4n) is 1.86. The maximum atomic E-state index is 8.95. The number of nitriles is 1. The highest BCUT2D eigenvalue weighted by molar-refractivity contribution is 7.09. The SMILES string of the molecule is Cc1ncsc1CCOCCCOc1ccccc1C#N. The minimum absolute atomic E-state index is 0.554. The molecule has 5 heteroatoms. The van der Waals surface area contributed by atoms with Crippen LogP contribution in [0.2, 0.25) is 0 Å². The van der Waals surface area contributed by atoms with E-state index in [0.29, 0.717) is 31.1 Å². The van der Waals surface area contributed by atoms with Crippen molar-refractivity contribution in [1.82, 2.24) is 4.98 Å². The van der Waals surface area contributed by atoms with E-state index in [1.807, 2.05) is 30.6 Å². The second-order valence-electron chi connectivity index (χ2n) is 4.53. The van der Waals surface area contributed by atoms with Crippen molar-refractivity contribution in [2.24, 2.45) is 0 Å². The Balaban J connectivity index is 1.58. The first-order valence-electron chi connectivity index (χ1n) is 6.90. The van der Waals surface area contributed by atoms with Gasteiger partial charge in [-0.25, -0.2) is 4.98 Å². The molecule has 21 heavy (non-hydrogen) atoms. The van der Waals surface area contributed by atoms with Gasteiger partial charge in [0.15, 0.2) is 0 Å². The van der Waals surface area contributed by atoms with E-state index in [1.54, 1.807) is 17.4 Å². The van der Waals surface area contributed by atoms with Gasteiger partial charge in [0.2, 0.25) is 0 Å². The molecule has 4 nitrogen and oxygen atoms in total. The second kappa shape index (κ2) is 8.40. The van der Waals surface area contributed by atoms with E-state index in [0.717, 1.165) is 18.5 Å². The first kappa shape index (κ1) is 15.5. The quantitative estimate of drug-likeness (QED) is 0.702. The lowest BCUT2D eigenvalue weighted by Gasteiger charge is -2.08. The molecule has 0 N–H and O–H groups in total. The molecule has 0 fully saturated rings. The molecule has 0 aliphatic carbocycles. The molecule has 0 saturated carbocycles. The van der Waals surface area contributed by atoms with Gasteiger partial charge in [-0.05, 0) is 19.1 Å². The van der Waals surface area contributed by atoms with Gasteiger partial charge in [0, 0.05) is 24.3 Å². The molecular formula is C16H18N2O2S. The predicted octanol–water partition coefficient (Wildman–Crippen LogP) is 3.35. The Morgan fingerprint density at radius 1 is 1.24 bits per heavy atom. The third-order valence-electron chi connectivity index (χ3n) is 3.02. The molecule has 0 bridgehead atoms. The van der Waals surface area contributed by atoms with Gasteiger partial charge in [-0.2, -0.15) is 5.26 Å². The molecule has 1 heterocycles. The molecule has 0 unspecified atom stereocenters. The number of aromatic nitrogens is 1. The zero-order valence-electron chi connectivity index (χ0n) is 12.0. The number of nitrogens with zero attached hydrogens (tertiary/aromatic N) is 2. The predicted molar refractivity (Wildman–Crippen MR) is 82.6 cm³/mol. The van der Waals surface area contributed by atoms with E-state index in [-0.39, 0.29) is 0 Å². The maximum absolute atomic E-state index is 8.95. The van der Waals surface area contributed by atoms with Gasteiger partial charge in [0.1, 0.15) is 11.8 Å². The first-order valence-corrected chi connectivity index (χ1v) is 7.78. The monoisotopic (exact) mass is 302 g/mol. The Kier molecular flexibility index (Phi) is 6.20. The maximum Gasteiger partial charge on any atom is 0.137 e. The van der Waals surface area contributed by atoms with Crippen molar-refractivity contribution in [3.05, 3.63) is 45.9 Å². The highest BCUT2D eigenvalue weighted by Crippen LogP contribution is 2.16. The summed E-state index contributed by atoms with van der Waals surface area (Å²) in [5.41, 5.74) is 3.53. The van der Waals surface area contributed by atoms with Crippen LogP contribution in [0.1, 0.15) is 22.6 Å². The van der Waals surface area contributed by atoms with E-state index < -0.39 is 0 Å². The summed E-state index contributed by atoms with van der Waals surface area (Å²) in [5.74, 6) is 0.639. The van der Waals surface area contributed by atoms with Gasteiger partial charge in [-0.1, -0.05) is 12.1 Å². The van der Waals surface area contributed by atoms with E-state index >= 15 is 0 Å². The minimum atomic E-state index is 0.554. The van der Waals surface area contributed by atoms with E-state index in [2.05, 4.69) is 11.1 Å². The second-order valence-corrected chi connectivity index (χ2v) is 5.47. The van der Waals surface area contributed by atoms with Crippen molar-refractivity contribution in [1.29, 1.82) is 5.26 Å². The summed E-state index contributed by atoms with van der Waals surface area (Å²) in [7, 11) is 0. The largest absolute Gasteiger partial charge is 0.492 e. The number of para-hydroxylation sites is 1. The van der Waals surface area contributed by atoms with Crippen molar-refractivity contribution in [2.75, 3.05) is 19.8 Å². The number of ether oxygens (including phenoxy) is 2. The highest BCUT2D eigenvalue weighted by Gasteiger charge is 2.02. The Morgan fingerprint density at radius 2 is 2.10 bits per heavy atom. The molecule has 1 aromatic carbocycles. The molecule has 0 aliphatic rings. The van der Waals surface area contributed by atoms with Crippen molar-refractivity contribution in [2.45, 2.75) is 19.8 Å². The normalized spacial score (nSPS) is 10.3. The minimum Gasteiger partial charge on any atom is -0.492 e. The van der Waals surface area contributed by atoms with Crippen LogP contribution in [0.4, 0.5) is 0 Å². The fourth-order valence-corrected chi connectivity index (χ4v) is 2.62. The van der Waals surface area contributed by atoms with Crippen molar-refractivity contribution >= 4 is 11.3 Å². The summed E-state index contributed by atoms with van der Waals surface area (Å²) in [4.78, 5) is 5.50. The van der Waals surface area contributed by atoms with Gasteiger partial charge in [-0.3, -0.25) is 0 Å². The van der Waals surface area contributed by atoms with Crippen LogP contribution in [-0.4, -0.2) is 24.8 Å². The molecule has 0 radical (unpaired) electrons. The van der Waals surface area contributed by atoms with Crippen molar-refractivity contribution < 1.29 is 9.47 Å². The van der Waals surface area contributed by atoms with Crippen LogP contribution in [-0.2, 0) is 11.2 Å². The van der Waals surface area contributed by atoms with Crippen LogP contribution in [0, 0.1) is 18.3 Å². The summed E-state index contributed by atoms with van der Waals surface area (Å²) < 4.78 is 11.2. The summed E-state index contributed by atoms with van der Waals surface area (Å²) in [5, 5.41) is 8.95. The molecule has 110 valence electrons. The molecule has 0 atom stereocenters. The van der Waals surface area contributed by atoms with Crippen LogP contribution in [0.5, 0.6) is 5.75 Å². The lowest BCUT2D eigenvalue weighted by atomic mass is 10.2. The van der Waals surface area contributed by atoms with E-state index in [4.69, 9.17) is 14.7 Å². The van der Waals surface area contributed by atoms with Crippen LogP contribution < -0.4 is 4.74 Å². The average molecular weight is 302 g/mol. The summed E-state index contributed by atoms with van der Waals surface area (Å²) in [6.45, 7) is 3.94. The molecule has 1 aromatic heterocycles. The number of rotatable bonds is 8. The highest BCUT2D eigenvalue weighted by atomic mass is 32.1. The topological polar surface area (TPSA) is 55.1 Å². The van der Waals surface area contributed by atoms with Gasteiger partial charge >= 0.3 is 0 Å². The summed E-state index contributed by atoms with van der Waals surface area (Å²) in [6, 6.07) is 9.38. The molecule has 0 spiro atoms. The Labute approximate surface area is 129 Å². The summed E-state index contributed by atoms with van der Waals surface area (Å²) in [6.07, 6.45) is 1.72. The zero-order valence-corrected chi connectivity index (χ0v) is 12.9. The smallest absolute Gasteiger partial charge is 0.137 e. The Morgan fingerprint density at radius 3 is 2.86 bits per heavy atom. The lowest BCUT2D eigenvalue weighted by Crippen LogP contribution is -2.06. The molecule has 0 amide bonds. The number of benzene rings is 1. The van der Waals surface area contributed by atoms with Gasteiger partial charge in [-0.15, -0.1) is 11.3 Å². The van der Waals surface area contributed by atoms with Crippen LogP contribution in [0.15, 0.2) is 29.8 Å². The molecule has 2 aromatic rings. The number of hydrogen-bond donors (Lipinski definition) is 0. The molecule has 2 rings (SSSR count). The standard InChI is InChI=1S/C16H18N2O2S/c1-13-16(21-12-18-13)7-10-19-8-4-9-20-15-6-3-2-5-14(15)11-17/h2-3,5-6,12H,4,7-10H2,1H3.